The molecule has 8 heteroatoms. The molecular weight excluding hydrogens is 416 g/mol. The van der Waals surface area contributed by atoms with Gasteiger partial charge in [0.05, 0.1) is 9.77 Å². The molecule has 0 saturated carbocycles. The molecule has 2 aromatic heterocycles. The molecule has 0 bridgehead atoms. The van der Waals surface area contributed by atoms with Gasteiger partial charge in [-0.1, -0.05) is 12.1 Å². The summed E-state index contributed by atoms with van der Waals surface area (Å²) >= 11 is 1.64. The summed E-state index contributed by atoms with van der Waals surface area (Å²) in [5, 5.41) is 10.7. The molecule has 0 radical (unpaired) electrons. The van der Waals surface area contributed by atoms with Crippen LogP contribution in [-0.4, -0.2) is 49.1 Å². The summed E-state index contributed by atoms with van der Waals surface area (Å²) < 4.78 is 27.9. The predicted octanol–water partition coefficient (Wildman–Crippen LogP) is 3.59. The Bertz CT molecular complexity index is 1120. The van der Waals surface area contributed by atoms with Gasteiger partial charge in [-0.15, -0.1) is 21.5 Å². The van der Waals surface area contributed by atoms with E-state index in [0.29, 0.717) is 31.1 Å². The lowest BCUT2D eigenvalue weighted by molar-refractivity contribution is 0.383. The third-order valence-corrected chi connectivity index (χ3v) is 8.73. The van der Waals surface area contributed by atoms with E-state index in [9.17, 15) is 8.42 Å². The van der Waals surface area contributed by atoms with E-state index in [1.807, 2.05) is 41.8 Å². The van der Waals surface area contributed by atoms with E-state index in [1.54, 1.807) is 21.7 Å². The van der Waals surface area contributed by atoms with Gasteiger partial charge >= 0.3 is 0 Å². The number of fused-ring (bicyclic) bond motifs is 1. The van der Waals surface area contributed by atoms with E-state index >= 15 is 0 Å². The van der Waals surface area contributed by atoms with E-state index < -0.39 is 10.0 Å². The Morgan fingerprint density at radius 1 is 0.867 bits per heavy atom. The van der Waals surface area contributed by atoms with Crippen molar-refractivity contribution in [3.8, 4) is 10.6 Å². The number of nitrogens with zero attached hydrogens (tertiary/aromatic N) is 4. The molecule has 5 rings (SSSR count). The monoisotopic (exact) mass is 440 g/mol. The van der Waals surface area contributed by atoms with Crippen LogP contribution in [0.3, 0.4) is 0 Å². The Kier molecular flexibility index (Phi) is 5.30. The van der Waals surface area contributed by atoms with Gasteiger partial charge in [0.25, 0.3) is 0 Å². The lowest BCUT2D eigenvalue weighted by Gasteiger charge is -2.34. The van der Waals surface area contributed by atoms with Crippen LogP contribution in [0.25, 0.3) is 10.6 Å². The molecule has 1 aromatic carbocycles. The van der Waals surface area contributed by atoms with Gasteiger partial charge in [0.1, 0.15) is 5.69 Å². The molecule has 1 aliphatic heterocycles. The highest BCUT2D eigenvalue weighted by Crippen LogP contribution is 2.27. The maximum atomic E-state index is 13.2. The van der Waals surface area contributed by atoms with Crippen molar-refractivity contribution < 1.29 is 8.42 Å². The molecule has 156 valence electrons. The lowest BCUT2D eigenvalue weighted by atomic mass is 9.92. The van der Waals surface area contributed by atoms with E-state index in [2.05, 4.69) is 15.1 Å². The summed E-state index contributed by atoms with van der Waals surface area (Å²) in [5.41, 5.74) is 3.36. The number of benzene rings is 1. The average Bonchev–Trinajstić information content (AvgIpc) is 3.34. The summed E-state index contributed by atoms with van der Waals surface area (Å²) in [7, 11) is -3.47. The van der Waals surface area contributed by atoms with E-state index in [1.165, 1.54) is 17.5 Å². The Balaban J connectivity index is 1.27. The molecule has 0 spiro atoms. The van der Waals surface area contributed by atoms with Crippen LogP contribution in [0.1, 0.15) is 24.0 Å². The molecule has 1 aliphatic carbocycles. The van der Waals surface area contributed by atoms with Crippen molar-refractivity contribution in [1.29, 1.82) is 0 Å². The van der Waals surface area contributed by atoms with Gasteiger partial charge in [-0.2, -0.15) is 4.31 Å². The Hall–Kier alpha value is -2.29. The van der Waals surface area contributed by atoms with Gasteiger partial charge in [0.15, 0.2) is 5.82 Å². The van der Waals surface area contributed by atoms with Crippen molar-refractivity contribution in [2.45, 2.75) is 30.6 Å². The number of rotatable bonds is 4. The largest absolute Gasteiger partial charge is 0.352 e. The standard InChI is InChI=1S/C22H24N4O2S2/c27-30(28,19-8-7-17-4-1-2-5-18(17)16-19)26-13-11-25(12-14-26)22-10-9-20(23-24-22)21-6-3-15-29-21/h3,6-10,15-16H,1-2,4-5,11-14H2. The van der Waals surface area contributed by atoms with Crippen LogP contribution in [0.5, 0.6) is 0 Å². The molecule has 30 heavy (non-hydrogen) atoms. The molecule has 3 heterocycles. The summed E-state index contributed by atoms with van der Waals surface area (Å²) in [6.45, 7) is 2.12. The van der Waals surface area contributed by atoms with Gasteiger partial charge < -0.3 is 4.90 Å². The fourth-order valence-corrected chi connectivity index (χ4v) is 6.39. The molecule has 6 nitrogen and oxygen atoms in total. The van der Waals surface area contributed by atoms with Crippen LogP contribution in [0.2, 0.25) is 0 Å². The number of sulfonamides is 1. The summed E-state index contributed by atoms with van der Waals surface area (Å²) in [6, 6.07) is 13.6. The minimum atomic E-state index is -3.47. The van der Waals surface area contributed by atoms with Crippen molar-refractivity contribution in [2.24, 2.45) is 0 Å². The number of hydrogen-bond acceptors (Lipinski definition) is 6. The summed E-state index contributed by atoms with van der Waals surface area (Å²) in [6.07, 6.45) is 4.37. The fourth-order valence-electron chi connectivity index (χ4n) is 4.23. The third-order valence-electron chi connectivity index (χ3n) is 5.94. The van der Waals surface area contributed by atoms with E-state index in [-0.39, 0.29) is 0 Å². The van der Waals surface area contributed by atoms with E-state index in [4.69, 9.17) is 0 Å². The van der Waals surface area contributed by atoms with Gasteiger partial charge in [-0.3, -0.25) is 0 Å². The number of hydrogen-bond donors (Lipinski definition) is 0. The number of aromatic nitrogens is 2. The summed E-state index contributed by atoms with van der Waals surface area (Å²) in [5.74, 6) is 0.793. The van der Waals surface area contributed by atoms with Gasteiger partial charge in [-0.05, 0) is 72.5 Å². The molecule has 0 unspecified atom stereocenters. The Labute approximate surface area is 181 Å². The molecule has 0 atom stereocenters. The topological polar surface area (TPSA) is 66.4 Å². The highest BCUT2D eigenvalue weighted by molar-refractivity contribution is 7.89. The SMILES string of the molecule is O=S(=O)(c1ccc2c(c1)CCCC2)N1CCN(c2ccc(-c3cccs3)nn2)CC1. The molecule has 1 fully saturated rings. The first-order chi connectivity index (χ1) is 14.6. The Morgan fingerprint density at radius 2 is 1.67 bits per heavy atom. The molecule has 0 N–H and O–H groups in total. The molecular formula is C22H24N4O2S2. The highest BCUT2D eigenvalue weighted by atomic mass is 32.2. The van der Waals surface area contributed by atoms with Gasteiger partial charge in [0.2, 0.25) is 10.0 Å². The minimum absolute atomic E-state index is 0.427. The van der Waals surface area contributed by atoms with Crippen LogP contribution >= 0.6 is 11.3 Å². The average molecular weight is 441 g/mol. The smallest absolute Gasteiger partial charge is 0.243 e. The number of aryl methyl sites for hydroxylation is 2. The van der Waals surface area contributed by atoms with Crippen LogP contribution in [0.4, 0.5) is 5.82 Å². The zero-order valence-electron chi connectivity index (χ0n) is 16.7. The van der Waals surface area contributed by atoms with Gasteiger partial charge in [-0.25, -0.2) is 8.42 Å². The Morgan fingerprint density at radius 3 is 2.37 bits per heavy atom. The first kappa shape index (κ1) is 19.7. The second kappa shape index (κ2) is 8.09. The zero-order chi connectivity index (χ0) is 20.6. The maximum Gasteiger partial charge on any atom is 0.243 e. The van der Waals surface area contributed by atoms with E-state index in [0.717, 1.165) is 35.7 Å². The van der Waals surface area contributed by atoms with Crippen molar-refractivity contribution >= 4 is 27.2 Å². The minimum Gasteiger partial charge on any atom is -0.352 e. The number of thiophene rings is 1. The first-order valence-corrected chi connectivity index (χ1v) is 12.7. The normalized spacial score (nSPS) is 17.7. The highest BCUT2D eigenvalue weighted by Gasteiger charge is 2.29. The van der Waals surface area contributed by atoms with Crippen molar-refractivity contribution in [3.05, 3.63) is 59.0 Å². The lowest BCUT2D eigenvalue weighted by Crippen LogP contribution is -2.49. The number of piperazine rings is 1. The van der Waals surface area contributed by atoms with Gasteiger partial charge in [0, 0.05) is 26.2 Å². The quantitative estimate of drug-likeness (QED) is 0.620. The van der Waals surface area contributed by atoms with Crippen LogP contribution in [0.15, 0.2) is 52.7 Å². The third kappa shape index (κ3) is 3.75. The summed E-state index contributed by atoms with van der Waals surface area (Å²) in [4.78, 5) is 3.62. The zero-order valence-corrected chi connectivity index (χ0v) is 18.3. The van der Waals surface area contributed by atoms with Crippen molar-refractivity contribution in [2.75, 3.05) is 31.1 Å². The second-order valence-electron chi connectivity index (χ2n) is 7.78. The second-order valence-corrected chi connectivity index (χ2v) is 10.7. The molecule has 2 aliphatic rings. The van der Waals surface area contributed by atoms with Crippen molar-refractivity contribution in [3.63, 3.8) is 0 Å². The fraction of sp³-hybridized carbons (Fsp3) is 0.364. The van der Waals surface area contributed by atoms with Crippen LogP contribution in [-0.2, 0) is 22.9 Å². The molecule has 1 saturated heterocycles. The first-order valence-electron chi connectivity index (χ1n) is 10.4. The number of anilines is 1. The maximum absolute atomic E-state index is 13.2. The molecule has 3 aromatic rings. The van der Waals surface area contributed by atoms with Crippen LogP contribution < -0.4 is 4.90 Å². The van der Waals surface area contributed by atoms with Crippen LogP contribution in [0, 0.1) is 0 Å². The van der Waals surface area contributed by atoms with Crippen molar-refractivity contribution in [1.82, 2.24) is 14.5 Å². The predicted molar refractivity (Wildman–Crippen MR) is 119 cm³/mol. The molecule has 0 amide bonds.